The average Bonchev–Trinajstić information content (AvgIpc) is 3.38. The Balaban J connectivity index is 2.09. The van der Waals surface area contributed by atoms with Crippen LogP contribution in [0.2, 0.25) is 33.2 Å². The van der Waals surface area contributed by atoms with Crippen molar-refractivity contribution in [3.63, 3.8) is 0 Å². The van der Waals surface area contributed by atoms with E-state index in [2.05, 4.69) is 96.9 Å². The highest BCUT2D eigenvalue weighted by molar-refractivity contribution is 6.78. The molecule has 12 heteroatoms. The van der Waals surface area contributed by atoms with Gasteiger partial charge < -0.3 is 38.4 Å². The molecule has 2 heterocycles. The molecule has 0 bridgehead atoms. The van der Waals surface area contributed by atoms with Gasteiger partial charge in [-0.15, -0.1) is 5.10 Å². The van der Waals surface area contributed by atoms with Crippen LogP contribution in [0, 0.1) is 0 Å². The van der Waals surface area contributed by atoms with E-state index in [0.29, 0.717) is 52.2 Å². The molecule has 0 saturated carbocycles. The van der Waals surface area contributed by atoms with Crippen molar-refractivity contribution in [1.82, 2.24) is 9.78 Å². The topological polar surface area (TPSA) is 125 Å². The van der Waals surface area contributed by atoms with Gasteiger partial charge >= 0.3 is 0 Å². The Morgan fingerprint density at radius 3 is 1.62 bits per heavy atom. The summed E-state index contributed by atoms with van der Waals surface area (Å²) < 4.78 is 34.7. The highest BCUT2D eigenvalue weighted by Gasteiger charge is 2.50. The lowest BCUT2D eigenvalue weighted by molar-refractivity contribution is -0.277. The summed E-state index contributed by atoms with van der Waals surface area (Å²) in [6.07, 6.45) is -6.04. The molecule has 5 atom stereocenters. The Labute approximate surface area is 323 Å². The van der Waals surface area contributed by atoms with E-state index in [1.165, 1.54) is 0 Å². The molecule has 3 rings (SSSR count). The monoisotopic (exact) mass is 778 g/mol. The molecule has 1 aliphatic heterocycles. The fraction of sp³-hybridized carbons (Fsp3) is 0.780. The van der Waals surface area contributed by atoms with E-state index in [-0.39, 0.29) is 18.8 Å². The fourth-order valence-corrected chi connectivity index (χ4v) is 20.0. The molecule has 0 aliphatic carbocycles. The summed E-state index contributed by atoms with van der Waals surface area (Å²) in [5.74, 6) is 1.09. The lowest BCUT2D eigenvalue weighted by Crippen LogP contribution is -2.61. The zero-order valence-electron chi connectivity index (χ0n) is 35.7. The molecular formula is C41H74N2O8Si2. The van der Waals surface area contributed by atoms with Crippen molar-refractivity contribution in [2.24, 2.45) is 0 Å². The van der Waals surface area contributed by atoms with Gasteiger partial charge in [-0.2, -0.15) is 0 Å². The molecule has 0 amide bonds. The van der Waals surface area contributed by atoms with Crippen molar-refractivity contribution in [2.75, 3.05) is 6.61 Å². The maximum Gasteiger partial charge on any atom is 0.239 e. The van der Waals surface area contributed by atoms with Crippen molar-refractivity contribution >= 4 is 16.6 Å². The SMILES string of the molecule is CC(C)Oc1ccc(Cc2c(O[C@@H]3O[C@H](CO[Si](C(C)C)(C(C)C)C(C)C)[C@@H](O)[C@H](O)[C@H]3O)nn(C(C)C)c2CO[Si](C(C)C)(C(C)C)C(C)C)cc1. The second-order valence-electron chi connectivity index (χ2n) is 17.6. The number of nitrogens with zero attached hydrogens (tertiary/aromatic N) is 2. The number of hydrogen-bond acceptors (Lipinski definition) is 9. The van der Waals surface area contributed by atoms with E-state index in [9.17, 15) is 15.3 Å². The highest BCUT2D eigenvalue weighted by Crippen LogP contribution is 2.45. The molecule has 0 unspecified atom stereocenters. The summed E-state index contributed by atoms with van der Waals surface area (Å²) in [6, 6.07) is 8.01. The quantitative estimate of drug-likeness (QED) is 0.120. The van der Waals surface area contributed by atoms with Crippen LogP contribution in [0.1, 0.15) is 134 Å². The number of aromatic nitrogens is 2. The Hall–Kier alpha value is -1.78. The van der Waals surface area contributed by atoms with Gasteiger partial charge in [0.1, 0.15) is 30.2 Å². The molecule has 1 saturated heterocycles. The van der Waals surface area contributed by atoms with Gasteiger partial charge in [0.25, 0.3) is 0 Å². The van der Waals surface area contributed by atoms with E-state index in [0.717, 1.165) is 22.6 Å². The maximum atomic E-state index is 11.3. The third kappa shape index (κ3) is 9.97. The lowest BCUT2D eigenvalue weighted by Gasteiger charge is -2.45. The van der Waals surface area contributed by atoms with Crippen molar-refractivity contribution in [1.29, 1.82) is 0 Å². The minimum Gasteiger partial charge on any atom is -0.491 e. The minimum atomic E-state index is -2.32. The zero-order chi connectivity index (χ0) is 40.2. The van der Waals surface area contributed by atoms with Crippen LogP contribution in [0.25, 0.3) is 0 Å². The first kappa shape index (κ1) is 45.6. The molecule has 1 fully saturated rings. The van der Waals surface area contributed by atoms with Crippen LogP contribution in [0.15, 0.2) is 24.3 Å². The van der Waals surface area contributed by atoms with Gasteiger partial charge in [-0.25, -0.2) is 0 Å². The standard InChI is InChI=1S/C41H74N2O8Si2/c1-24(2)43-35(22-47-52(26(5)6,27(7)8)28(9)10)34(21-32-17-19-33(20-18-32)49-25(3)4)40(42-43)51-41-39(46)38(45)37(44)36(50-41)23-48-53(29(11)12,30(13)14)31(15)16/h17-20,24-31,36-39,41,44-46H,21-23H2,1-16H3/t36-,37-,38+,39-,41+/m1/s1. The van der Waals surface area contributed by atoms with E-state index in [1.54, 1.807) is 0 Å². The van der Waals surface area contributed by atoms with Crippen LogP contribution < -0.4 is 9.47 Å². The molecule has 1 aliphatic rings. The number of aliphatic hydroxyl groups excluding tert-OH is 3. The van der Waals surface area contributed by atoms with E-state index in [1.807, 2.05) is 42.8 Å². The first-order valence-electron chi connectivity index (χ1n) is 20.1. The van der Waals surface area contributed by atoms with Gasteiger partial charge in [0.15, 0.2) is 8.32 Å². The molecule has 1 aromatic carbocycles. The van der Waals surface area contributed by atoms with Crippen molar-refractivity contribution in [3.05, 3.63) is 41.1 Å². The largest absolute Gasteiger partial charge is 0.491 e. The molecule has 304 valence electrons. The fourth-order valence-electron chi connectivity index (χ4n) is 9.18. The third-order valence-electron chi connectivity index (χ3n) is 11.5. The van der Waals surface area contributed by atoms with Crippen molar-refractivity contribution in [2.45, 2.75) is 200 Å². The average molecular weight is 779 g/mol. The number of ether oxygens (including phenoxy) is 3. The second kappa shape index (κ2) is 18.9. The third-order valence-corrected chi connectivity index (χ3v) is 23.7. The Morgan fingerprint density at radius 2 is 1.17 bits per heavy atom. The van der Waals surface area contributed by atoms with Crippen molar-refractivity contribution in [3.8, 4) is 11.6 Å². The summed E-state index contributed by atoms with van der Waals surface area (Å²) in [5, 5.41) is 38.5. The predicted molar refractivity (Wildman–Crippen MR) is 218 cm³/mol. The van der Waals surface area contributed by atoms with Gasteiger partial charge in [0, 0.05) is 18.0 Å². The van der Waals surface area contributed by atoms with E-state index < -0.39 is 47.3 Å². The first-order chi connectivity index (χ1) is 24.6. The van der Waals surface area contributed by atoms with Gasteiger partial charge in [-0.3, -0.25) is 4.68 Å². The molecule has 1 aromatic heterocycles. The van der Waals surface area contributed by atoms with Crippen LogP contribution in [0.4, 0.5) is 0 Å². The Bertz CT molecular complexity index is 1370. The van der Waals surface area contributed by atoms with Crippen LogP contribution in [-0.2, 0) is 26.6 Å². The smallest absolute Gasteiger partial charge is 0.239 e. The highest BCUT2D eigenvalue weighted by atomic mass is 28.4. The molecule has 0 radical (unpaired) electrons. The maximum absolute atomic E-state index is 11.3. The molecule has 53 heavy (non-hydrogen) atoms. The van der Waals surface area contributed by atoms with E-state index >= 15 is 0 Å². The van der Waals surface area contributed by atoms with E-state index in [4.69, 9.17) is 28.2 Å². The molecular weight excluding hydrogens is 705 g/mol. The molecule has 2 aromatic rings. The molecule has 3 N–H and O–H groups in total. The molecule has 10 nitrogen and oxygen atoms in total. The summed E-state index contributed by atoms with van der Waals surface area (Å²) in [7, 11) is -4.58. The first-order valence-corrected chi connectivity index (χ1v) is 24.4. The second-order valence-corrected chi connectivity index (χ2v) is 28.5. The Kier molecular flexibility index (Phi) is 16.3. The summed E-state index contributed by atoms with van der Waals surface area (Å²) in [6.45, 7) is 35.5. The Morgan fingerprint density at radius 1 is 0.679 bits per heavy atom. The molecule has 0 spiro atoms. The number of hydrogen-bond donors (Lipinski definition) is 3. The van der Waals surface area contributed by atoms with Crippen molar-refractivity contribution < 1.29 is 38.4 Å². The number of rotatable bonds is 19. The number of benzene rings is 1. The van der Waals surface area contributed by atoms with Crippen LogP contribution in [0.3, 0.4) is 0 Å². The zero-order valence-corrected chi connectivity index (χ0v) is 37.7. The lowest BCUT2D eigenvalue weighted by atomic mass is 9.99. The van der Waals surface area contributed by atoms with Gasteiger partial charge in [0.2, 0.25) is 20.5 Å². The van der Waals surface area contributed by atoms with Gasteiger partial charge in [0.05, 0.1) is 25.0 Å². The van der Waals surface area contributed by atoms with Crippen LogP contribution in [-0.4, -0.2) is 85.2 Å². The van der Waals surface area contributed by atoms with Gasteiger partial charge in [-0.1, -0.05) is 95.2 Å². The minimum absolute atomic E-state index is 0.0216. The summed E-state index contributed by atoms with van der Waals surface area (Å²) >= 11 is 0. The summed E-state index contributed by atoms with van der Waals surface area (Å²) in [5.41, 5.74) is 4.91. The van der Waals surface area contributed by atoms with Crippen LogP contribution in [0.5, 0.6) is 11.6 Å². The normalized spacial score (nSPS) is 21.8. The van der Waals surface area contributed by atoms with Crippen LogP contribution >= 0.6 is 0 Å². The predicted octanol–water partition coefficient (Wildman–Crippen LogP) is 8.91. The number of aliphatic hydroxyl groups is 3. The summed E-state index contributed by atoms with van der Waals surface area (Å²) in [4.78, 5) is 0. The van der Waals surface area contributed by atoms with Gasteiger partial charge in [-0.05, 0) is 78.6 Å².